The lowest BCUT2D eigenvalue weighted by Gasteiger charge is -2.45. The molecular formula is C20H26N2O3S. The number of rotatable bonds is 4. The van der Waals surface area contributed by atoms with Crippen molar-refractivity contribution in [2.24, 2.45) is 0 Å². The second-order valence-electron chi connectivity index (χ2n) is 7.34. The van der Waals surface area contributed by atoms with Crippen LogP contribution >= 0.6 is 11.3 Å². The first-order chi connectivity index (χ1) is 12.7. The van der Waals surface area contributed by atoms with Crippen LogP contribution in [-0.2, 0) is 20.7 Å². The van der Waals surface area contributed by atoms with E-state index in [4.69, 9.17) is 9.47 Å². The number of likely N-dealkylation sites (tertiary alicyclic amines) is 1. The molecule has 0 radical (unpaired) electrons. The Balaban J connectivity index is 1.29. The van der Waals surface area contributed by atoms with E-state index in [9.17, 15) is 4.79 Å². The Morgan fingerprint density at radius 1 is 1.38 bits per heavy atom. The third kappa shape index (κ3) is 3.77. The second-order valence-corrected chi connectivity index (χ2v) is 8.45. The zero-order valence-corrected chi connectivity index (χ0v) is 16.1. The molecule has 140 valence electrons. The largest absolute Gasteiger partial charge is 0.381 e. The minimum atomic E-state index is -0.0806. The van der Waals surface area contributed by atoms with E-state index in [1.165, 1.54) is 4.70 Å². The van der Waals surface area contributed by atoms with Crippen molar-refractivity contribution in [1.82, 2.24) is 9.88 Å². The summed E-state index contributed by atoms with van der Waals surface area (Å²) in [5.74, 6) is 0.234. The highest BCUT2D eigenvalue weighted by molar-refractivity contribution is 7.18. The van der Waals surface area contributed by atoms with E-state index in [2.05, 4.69) is 11.1 Å². The van der Waals surface area contributed by atoms with Crippen LogP contribution in [0, 0.1) is 0 Å². The van der Waals surface area contributed by atoms with Gasteiger partial charge >= 0.3 is 0 Å². The number of para-hydroxylation sites is 1. The van der Waals surface area contributed by atoms with Crippen molar-refractivity contribution in [2.45, 2.75) is 50.2 Å². The molecule has 0 aliphatic carbocycles. The molecule has 1 atom stereocenters. The predicted molar refractivity (Wildman–Crippen MR) is 102 cm³/mol. The van der Waals surface area contributed by atoms with Crippen LogP contribution < -0.4 is 0 Å². The molecule has 2 fully saturated rings. The van der Waals surface area contributed by atoms with Gasteiger partial charge < -0.3 is 14.4 Å². The number of fused-ring (bicyclic) bond motifs is 1. The average molecular weight is 375 g/mol. The molecule has 2 saturated heterocycles. The summed E-state index contributed by atoms with van der Waals surface area (Å²) in [6.07, 6.45) is 5.32. The normalized spacial score (nSPS) is 22.8. The van der Waals surface area contributed by atoms with Gasteiger partial charge in [-0.2, -0.15) is 0 Å². The van der Waals surface area contributed by atoms with E-state index >= 15 is 0 Å². The number of carbonyl (C=O) groups excluding carboxylic acids is 1. The van der Waals surface area contributed by atoms with Gasteiger partial charge in [0.1, 0.15) is 0 Å². The van der Waals surface area contributed by atoms with Gasteiger partial charge in [0.05, 0.1) is 26.9 Å². The number of benzene rings is 1. The van der Waals surface area contributed by atoms with E-state index in [1.54, 1.807) is 18.4 Å². The Bertz CT molecular complexity index is 734. The molecule has 0 N–H and O–H groups in total. The third-order valence-electron chi connectivity index (χ3n) is 5.70. The fourth-order valence-corrected chi connectivity index (χ4v) is 5.06. The summed E-state index contributed by atoms with van der Waals surface area (Å²) < 4.78 is 12.8. The van der Waals surface area contributed by atoms with Gasteiger partial charge in [-0.05, 0) is 31.4 Å². The SMILES string of the molecule is COC1CCOC2(CCN(C(=O)CCc3nc4ccccc4s3)CC2)C1. The lowest BCUT2D eigenvalue weighted by atomic mass is 9.83. The summed E-state index contributed by atoms with van der Waals surface area (Å²) in [7, 11) is 1.78. The van der Waals surface area contributed by atoms with Crippen molar-refractivity contribution in [3.05, 3.63) is 29.3 Å². The smallest absolute Gasteiger partial charge is 0.222 e. The number of amides is 1. The van der Waals surface area contributed by atoms with Gasteiger partial charge in [0.2, 0.25) is 5.91 Å². The molecule has 1 amide bonds. The van der Waals surface area contributed by atoms with E-state index in [0.29, 0.717) is 12.5 Å². The molecule has 0 bridgehead atoms. The summed E-state index contributed by atoms with van der Waals surface area (Å²) >= 11 is 1.69. The maximum atomic E-state index is 12.6. The van der Waals surface area contributed by atoms with Crippen LogP contribution in [0.4, 0.5) is 0 Å². The number of thiazole rings is 1. The third-order valence-corrected chi connectivity index (χ3v) is 6.80. The van der Waals surface area contributed by atoms with E-state index in [1.807, 2.05) is 23.1 Å². The van der Waals surface area contributed by atoms with Gasteiger partial charge in [0, 0.05) is 46.1 Å². The zero-order valence-electron chi connectivity index (χ0n) is 15.3. The summed E-state index contributed by atoms with van der Waals surface area (Å²) in [4.78, 5) is 19.2. The zero-order chi connectivity index (χ0) is 18.0. The van der Waals surface area contributed by atoms with E-state index in [-0.39, 0.29) is 11.5 Å². The van der Waals surface area contributed by atoms with Gasteiger partial charge in [-0.1, -0.05) is 12.1 Å². The minimum absolute atomic E-state index is 0.0806. The van der Waals surface area contributed by atoms with Gasteiger partial charge in [-0.3, -0.25) is 4.79 Å². The Morgan fingerprint density at radius 3 is 2.96 bits per heavy atom. The summed E-state index contributed by atoms with van der Waals surface area (Å²) in [5, 5.41) is 1.05. The number of ether oxygens (including phenoxy) is 2. The first-order valence-electron chi connectivity index (χ1n) is 9.46. The maximum absolute atomic E-state index is 12.6. The molecule has 1 aromatic heterocycles. The van der Waals surface area contributed by atoms with Crippen molar-refractivity contribution in [2.75, 3.05) is 26.8 Å². The Labute approximate surface area is 158 Å². The molecule has 2 aromatic rings. The molecular weight excluding hydrogens is 348 g/mol. The van der Waals surface area contributed by atoms with E-state index < -0.39 is 0 Å². The van der Waals surface area contributed by atoms with Crippen LogP contribution in [0.3, 0.4) is 0 Å². The number of aryl methyl sites for hydroxylation is 1. The summed E-state index contributed by atoms with van der Waals surface area (Å²) in [5.41, 5.74) is 0.949. The van der Waals surface area contributed by atoms with Gasteiger partial charge in [-0.15, -0.1) is 11.3 Å². The van der Waals surface area contributed by atoms with E-state index in [0.717, 1.165) is 62.3 Å². The molecule has 1 aromatic carbocycles. The predicted octanol–water partition coefficient (Wildman–Crippen LogP) is 3.42. The highest BCUT2D eigenvalue weighted by atomic mass is 32.1. The van der Waals surface area contributed by atoms with Crippen LogP contribution in [-0.4, -0.2) is 54.3 Å². The summed E-state index contributed by atoms with van der Waals surface area (Å²) in [6, 6.07) is 8.14. The Morgan fingerprint density at radius 2 is 2.19 bits per heavy atom. The van der Waals surface area contributed by atoms with Crippen molar-refractivity contribution >= 4 is 27.5 Å². The number of carbonyl (C=O) groups is 1. The Hall–Kier alpha value is -1.50. The molecule has 6 heteroatoms. The molecule has 26 heavy (non-hydrogen) atoms. The number of nitrogens with zero attached hydrogens (tertiary/aromatic N) is 2. The van der Waals surface area contributed by atoms with Crippen LogP contribution in [0.1, 0.15) is 37.1 Å². The van der Waals surface area contributed by atoms with Gasteiger partial charge in [0.25, 0.3) is 0 Å². The number of piperidine rings is 1. The monoisotopic (exact) mass is 374 g/mol. The van der Waals surface area contributed by atoms with Crippen molar-refractivity contribution in [3.63, 3.8) is 0 Å². The van der Waals surface area contributed by atoms with Crippen LogP contribution in [0.15, 0.2) is 24.3 Å². The maximum Gasteiger partial charge on any atom is 0.222 e. The number of aromatic nitrogens is 1. The molecule has 2 aliphatic heterocycles. The number of methoxy groups -OCH3 is 1. The minimum Gasteiger partial charge on any atom is -0.381 e. The van der Waals surface area contributed by atoms with Gasteiger partial charge in [0.15, 0.2) is 0 Å². The molecule has 2 aliphatic rings. The number of hydrogen-bond donors (Lipinski definition) is 0. The molecule has 5 nitrogen and oxygen atoms in total. The molecule has 3 heterocycles. The molecule has 4 rings (SSSR count). The fourth-order valence-electron chi connectivity index (χ4n) is 4.09. The molecule has 1 spiro atoms. The fraction of sp³-hybridized carbons (Fsp3) is 0.600. The van der Waals surface area contributed by atoms with Crippen molar-refractivity contribution in [3.8, 4) is 0 Å². The average Bonchev–Trinajstić information content (AvgIpc) is 3.10. The van der Waals surface area contributed by atoms with Gasteiger partial charge in [-0.25, -0.2) is 4.98 Å². The number of hydrogen-bond acceptors (Lipinski definition) is 5. The quantitative estimate of drug-likeness (QED) is 0.823. The second kappa shape index (κ2) is 7.62. The highest BCUT2D eigenvalue weighted by Crippen LogP contribution is 2.36. The van der Waals surface area contributed by atoms with Crippen LogP contribution in [0.5, 0.6) is 0 Å². The first kappa shape index (κ1) is 17.9. The van der Waals surface area contributed by atoms with Crippen LogP contribution in [0.25, 0.3) is 10.2 Å². The summed E-state index contributed by atoms with van der Waals surface area (Å²) in [6.45, 7) is 2.34. The highest BCUT2D eigenvalue weighted by Gasteiger charge is 2.41. The molecule has 1 unspecified atom stereocenters. The topological polar surface area (TPSA) is 51.7 Å². The standard InChI is InChI=1S/C20H26N2O3S/c1-24-15-8-13-25-20(14-15)9-11-22(12-10-20)19(23)7-6-18-21-16-4-2-3-5-17(16)26-18/h2-5,15H,6-14H2,1H3. The lowest BCUT2D eigenvalue weighted by molar-refractivity contribution is -0.157. The Kier molecular flexibility index (Phi) is 5.25. The van der Waals surface area contributed by atoms with Crippen LogP contribution in [0.2, 0.25) is 0 Å². The lowest BCUT2D eigenvalue weighted by Crippen LogP contribution is -2.52. The first-order valence-corrected chi connectivity index (χ1v) is 10.3. The van der Waals surface area contributed by atoms with Crippen molar-refractivity contribution < 1.29 is 14.3 Å². The van der Waals surface area contributed by atoms with Crippen molar-refractivity contribution in [1.29, 1.82) is 0 Å². The molecule has 0 saturated carbocycles.